The second-order valence-electron chi connectivity index (χ2n) is 5.26. The number of fused-ring (bicyclic) bond motifs is 1. The molecule has 3 aromatic rings. The molecule has 3 rings (SSSR count). The van der Waals surface area contributed by atoms with E-state index in [0.717, 1.165) is 18.6 Å². The van der Waals surface area contributed by atoms with Gasteiger partial charge in [0, 0.05) is 18.0 Å². The second-order valence-corrected chi connectivity index (χ2v) is 6.08. The molecule has 7 nitrogen and oxygen atoms in total. The van der Waals surface area contributed by atoms with Gasteiger partial charge in [0.1, 0.15) is 11.1 Å². The number of pyridine rings is 2. The maximum Gasteiger partial charge on any atom is 0.388 e. The third-order valence-electron chi connectivity index (χ3n) is 3.52. The van der Waals surface area contributed by atoms with Crippen LogP contribution >= 0.6 is 23.2 Å². The molecular weight excluding hydrogens is 407 g/mol. The van der Waals surface area contributed by atoms with Crippen molar-refractivity contribution in [3.63, 3.8) is 0 Å². The van der Waals surface area contributed by atoms with Crippen LogP contribution in [0.2, 0.25) is 10.0 Å². The Morgan fingerprint density at radius 3 is 2.67 bits per heavy atom. The van der Waals surface area contributed by atoms with E-state index in [4.69, 9.17) is 27.6 Å². The molecule has 1 amide bonds. The summed E-state index contributed by atoms with van der Waals surface area (Å²) < 4.78 is 35.5. The van der Waals surface area contributed by atoms with Crippen molar-refractivity contribution in [2.45, 2.75) is 20.0 Å². The summed E-state index contributed by atoms with van der Waals surface area (Å²) in [5.41, 5.74) is -0.102. The average molecular weight is 418 g/mol. The van der Waals surface area contributed by atoms with Crippen LogP contribution in [0.1, 0.15) is 23.0 Å². The number of nitrogens with zero attached hydrogens (tertiary/aromatic N) is 3. The second kappa shape index (κ2) is 7.53. The number of aryl methyl sites for hydroxylation is 1. The predicted molar refractivity (Wildman–Crippen MR) is 91.5 cm³/mol. The molecule has 0 fully saturated rings. The van der Waals surface area contributed by atoms with Crippen LogP contribution in [0, 0.1) is 0 Å². The molecule has 11 heteroatoms. The van der Waals surface area contributed by atoms with Gasteiger partial charge in [-0.1, -0.05) is 30.1 Å². The van der Waals surface area contributed by atoms with Crippen molar-refractivity contribution in [2.75, 3.05) is 0 Å². The average Bonchev–Trinajstić information content (AvgIpc) is 3.02. The van der Waals surface area contributed by atoms with Gasteiger partial charge in [-0.25, -0.2) is 9.98 Å². The number of furan rings is 1. The van der Waals surface area contributed by atoms with E-state index in [1.54, 1.807) is 6.92 Å². The summed E-state index contributed by atoms with van der Waals surface area (Å²) in [7, 11) is 0. The molecule has 3 heterocycles. The Morgan fingerprint density at radius 2 is 2.07 bits per heavy atom. The van der Waals surface area contributed by atoms with Gasteiger partial charge in [0.25, 0.3) is 11.8 Å². The van der Waals surface area contributed by atoms with Crippen LogP contribution in [-0.2, 0) is 6.42 Å². The van der Waals surface area contributed by atoms with Crippen molar-refractivity contribution in [1.29, 1.82) is 0 Å². The molecule has 0 spiro atoms. The SMILES string of the molecule is CCc1cc2c(C(=O)N=c3c(Cl)cn(O)cc3Cl)cnc(OC(F)F)c2o1. The largest absolute Gasteiger partial charge is 0.455 e. The number of halogens is 4. The molecule has 0 unspecified atom stereocenters. The lowest BCUT2D eigenvalue weighted by Gasteiger charge is -2.05. The molecule has 0 saturated carbocycles. The molecule has 0 atom stereocenters. The molecular formula is C16H11Cl2F2N3O4. The number of aromatic nitrogens is 2. The van der Waals surface area contributed by atoms with E-state index in [0.29, 0.717) is 16.9 Å². The molecule has 3 aromatic heterocycles. The Balaban J connectivity index is 2.16. The monoisotopic (exact) mass is 417 g/mol. The molecule has 0 aliphatic heterocycles. The summed E-state index contributed by atoms with van der Waals surface area (Å²) in [5.74, 6) is -0.768. The van der Waals surface area contributed by atoms with Gasteiger partial charge in [0.05, 0.1) is 28.0 Å². The first-order valence-corrected chi connectivity index (χ1v) is 8.27. The highest BCUT2D eigenvalue weighted by Gasteiger charge is 2.21. The fourth-order valence-electron chi connectivity index (χ4n) is 2.34. The lowest BCUT2D eigenvalue weighted by molar-refractivity contribution is -0.0523. The lowest BCUT2D eigenvalue weighted by Crippen LogP contribution is -2.13. The molecule has 142 valence electrons. The zero-order chi connectivity index (χ0) is 19.7. The smallest absolute Gasteiger partial charge is 0.388 e. The standard InChI is InChI=1S/C16H11Cl2F2N3O4/c1-2-7-3-8-9(4-21-15(13(8)26-7)27-16(19)20)14(24)22-12-10(17)5-23(25)6-11(12)18/h3-6,16,25H,2H2,1H3. The Kier molecular flexibility index (Phi) is 5.33. The Labute approximate surface area is 160 Å². The van der Waals surface area contributed by atoms with Crippen LogP contribution in [0.4, 0.5) is 8.78 Å². The van der Waals surface area contributed by atoms with Crippen molar-refractivity contribution in [2.24, 2.45) is 4.99 Å². The number of hydrogen-bond donors (Lipinski definition) is 1. The van der Waals surface area contributed by atoms with Crippen LogP contribution in [0.3, 0.4) is 0 Å². The fourth-order valence-corrected chi connectivity index (χ4v) is 2.88. The predicted octanol–water partition coefficient (Wildman–Crippen LogP) is 4.08. The van der Waals surface area contributed by atoms with E-state index in [1.807, 2.05) is 0 Å². The molecule has 1 N–H and O–H groups in total. The Hall–Kier alpha value is -2.65. The minimum Gasteiger partial charge on any atom is -0.455 e. The van der Waals surface area contributed by atoms with Gasteiger partial charge >= 0.3 is 6.61 Å². The van der Waals surface area contributed by atoms with Crippen molar-refractivity contribution < 1.29 is 27.9 Å². The molecule has 0 aromatic carbocycles. The number of alkyl halides is 2. The highest BCUT2D eigenvalue weighted by Crippen LogP contribution is 2.31. The number of ether oxygens (including phenoxy) is 1. The molecule has 0 radical (unpaired) electrons. The van der Waals surface area contributed by atoms with Crippen LogP contribution in [0.5, 0.6) is 5.88 Å². The number of carbonyl (C=O) groups excluding carboxylic acids is 1. The number of amides is 1. The van der Waals surface area contributed by atoms with Gasteiger partial charge in [-0.3, -0.25) is 4.79 Å². The third-order valence-corrected chi connectivity index (χ3v) is 4.07. The maximum atomic E-state index is 12.6. The molecule has 27 heavy (non-hydrogen) atoms. The van der Waals surface area contributed by atoms with Crippen molar-refractivity contribution in [3.8, 4) is 5.88 Å². The van der Waals surface area contributed by atoms with Gasteiger partial charge < -0.3 is 14.4 Å². The number of rotatable bonds is 4. The van der Waals surface area contributed by atoms with Gasteiger partial charge in [-0.15, -0.1) is 0 Å². The Bertz CT molecular complexity index is 1070. The Morgan fingerprint density at radius 1 is 1.41 bits per heavy atom. The van der Waals surface area contributed by atoms with E-state index in [1.165, 1.54) is 6.07 Å². The first-order valence-electron chi connectivity index (χ1n) is 7.52. The van der Waals surface area contributed by atoms with Gasteiger partial charge in [0.2, 0.25) is 0 Å². The summed E-state index contributed by atoms with van der Waals surface area (Å²) in [5, 5.41) is 9.38. The van der Waals surface area contributed by atoms with Crippen LogP contribution in [-0.4, -0.2) is 27.4 Å². The first-order chi connectivity index (χ1) is 12.8. The van der Waals surface area contributed by atoms with Crippen LogP contribution in [0.25, 0.3) is 11.0 Å². The van der Waals surface area contributed by atoms with Crippen LogP contribution < -0.4 is 10.1 Å². The minimum absolute atomic E-state index is 0.0112. The molecule has 0 aliphatic rings. The molecule has 0 aliphatic carbocycles. The molecule has 0 saturated heterocycles. The van der Waals surface area contributed by atoms with E-state index in [2.05, 4.69) is 14.7 Å². The zero-order valence-corrected chi connectivity index (χ0v) is 15.1. The van der Waals surface area contributed by atoms with E-state index in [9.17, 15) is 18.8 Å². The normalized spacial score (nSPS) is 11.2. The van der Waals surface area contributed by atoms with Gasteiger partial charge in [0.15, 0.2) is 5.58 Å². The van der Waals surface area contributed by atoms with Gasteiger partial charge in [-0.05, 0) is 6.07 Å². The van der Waals surface area contributed by atoms with E-state index < -0.39 is 18.4 Å². The highest BCUT2D eigenvalue weighted by atomic mass is 35.5. The zero-order valence-electron chi connectivity index (χ0n) is 13.6. The van der Waals surface area contributed by atoms with E-state index >= 15 is 0 Å². The molecule has 0 bridgehead atoms. The lowest BCUT2D eigenvalue weighted by atomic mass is 10.1. The van der Waals surface area contributed by atoms with Crippen molar-refractivity contribution in [3.05, 3.63) is 51.4 Å². The topological polar surface area (TPSA) is 89.9 Å². The quantitative estimate of drug-likeness (QED) is 0.645. The van der Waals surface area contributed by atoms with E-state index in [-0.39, 0.29) is 31.9 Å². The minimum atomic E-state index is -3.10. The van der Waals surface area contributed by atoms with Gasteiger partial charge in [-0.2, -0.15) is 13.5 Å². The summed E-state index contributed by atoms with van der Waals surface area (Å²) >= 11 is 11.9. The maximum absolute atomic E-state index is 12.6. The van der Waals surface area contributed by atoms with Crippen molar-refractivity contribution >= 4 is 40.1 Å². The number of hydrogen-bond acceptors (Lipinski definition) is 5. The summed E-state index contributed by atoms with van der Waals surface area (Å²) in [6.45, 7) is -1.31. The number of carbonyl (C=O) groups is 1. The third kappa shape index (κ3) is 3.88. The fraction of sp³-hybridized carbons (Fsp3) is 0.188. The summed E-state index contributed by atoms with van der Waals surface area (Å²) in [6, 6.07) is 1.52. The highest BCUT2D eigenvalue weighted by molar-refractivity contribution is 6.34. The first kappa shape index (κ1) is 19.1. The van der Waals surface area contributed by atoms with Crippen molar-refractivity contribution in [1.82, 2.24) is 9.71 Å². The van der Waals surface area contributed by atoms with Crippen LogP contribution in [0.15, 0.2) is 34.1 Å². The summed E-state index contributed by atoms with van der Waals surface area (Å²) in [6.07, 6.45) is 3.71. The summed E-state index contributed by atoms with van der Waals surface area (Å²) in [4.78, 5) is 20.2.